The third-order valence-corrected chi connectivity index (χ3v) is 3.42. The van der Waals surface area contributed by atoms with Crippen molar-refractivity contribution in [2.45, 2.75) is 6.54 Å². The Morgan fingerprint density at radius 1 is 0.941 bits per heavy atom. The molecular weight excluding hydrogens is 208 g/mol. The molecule has 1 N–H and O–H groups in total. The van der Waals surface area contributed by atoms with E-state index in [0.717, 1.165) is 6.54 Å². The molecule has 2 heteroatoms. The lowest BCUT2D eigenvalue weighted by Crippen LogP contribution is -2.11. The molecule has 2 nitrogen and oxygen atoms in total. The Balaban J connectivity index is 1.97. The fourth-order valence-electron chi connectivity index (χ4n) is 2.57. The van der Waals surface area contributed by atoms with Crippen LogP contribution < -0.4 is 5.32 Å². The third-order valence-electron chi connectivity index (χ3n) is 3.42. The van der Waals surface area contributed by atoms with Crippen molar-refractivity contribution in [1.82, 2.24) is 4.57 Å². The molecule has 0 spiro atoms. The van der Waals surface area contributed by atoms with Crippen molar-refractivity contribution in [2.24, 2.45) is 0 Å². The normalized spacial score (nSPS) is 12.9. The lowest BCUT2D eigenvalue weighted by Gasteiger charge is -2.21. The summed E-state index contributed by atoms with van der Waals surface area (Å²) in [5, 5.41) is 4.79. The van der Waals surface area contributed by atoms with Gasteiger partial charge < -0.3 is 9.88 Å². The van der Waals surface area contributed by atoms with Crippen LogP contribution in [0.15, 0.2) is 54.6 Å². The molecule has 3 aromatic rings. The summed E-state index contributed by atoms with van der Waals surface area (Å²) in [7, 11) is 0. The largest absolute Gasteiger partial charge is 0.341 e. The van der Waals surface area contributed by atoms with Gasteiger partial charge >= 0.3 is 0 Å². The van der Waals surface area contributed by atoms with E-state index in [4.69, 9.17) is 0 Å². The van der Waals surface area contributed by atoms with E-state index in [1.165, 1.54) is 28.0 Å². The first kappa shape index (κ1) is 8.88. The third kappa shape index (κ3) is 1.21. The number of hydrogen-bond acceptors (Lipinski definition) is 1. The fraction of sp³-hybridized carbons (Fsp3) is 0.0667. The maximum atomic E-state index is 3.49. The second-order valence-corrected chi connectivity index (χ2v) is 4.46. The summed E-state index contributed by atoms with van der Waals surface area (Å²) in [5.74, 6) is 1.19. The van der Waals surface area contributed by atoms with Crippen LogP contribution in [0.1, 0.15) is 5.56 Å². The van der Waals surface area contributed by atoms with Crippen molar-refractivity contribution in [3.8, 4) is 0 Å². The summed E-state index contributed by atoms with van der Waals surface area (Å²) in [5.41, 5.74) is 3.87. The first-order chi connectivity index (χ1) is 8.42. The summed E-state index contributed by atoms with van der Waals surface area (Å²) < 4.78 is 2.33. The fourth-order valence-corrected chi connectivity index (χ4v) is 2.57. The van der Waals surface area contributed by atoms with Crippen molar-refractivity contribution >= 4 is 22.4 Å². The lowest BCUT2D eigenvalue weighted by molar-refractivity contribution is 0.828. The zero-order valence-corrected chi connectivity index (χ0v) is 9.35. The van der Waals surface area contributed by atoms with Crippen LogP contribution in [-0.4, -0.2) is 4.57 Å². The second kappa shape index (κ2) is 3.14. The molecule has 0 radical (unpaired) electrons. The topological polar surface area (TPSA) is 17.0 Å². The van der Waals surface area contributed by atoms with Crippen LogP contribution in [0.5, 0.6) is 0 Å². The van der Waals surface area contributed by atoms with Crippen LogP contribution in [0.3, 0.4) is 0 Å². The Hall–Kier alpha value is -2.22. The smallest absolute Gasteiger partial charge is 0.111 e. The highest BCUT2D eigenvalue weighted by atomic mass is 15.1. The van der Waals surface area contributed by atoms with Gasteiger partial charge in [-0.05, 0) is 23.8 Å². The molecule has 0 amide bonds. The Morgan fingerprint density at radius 3 is 2.76 bits per heavy atom. The summed E-state index contributed by atoms with van der Waals surface area (Å²) in [6.45, 7) is 0.950. The van der Waals surface area contributed by atoms with Gasteiger partial charge in [0, 0.05) is 11.1 Å². The van der Waals surface area contributed by atoms with Gasteiger partial charge in [0.05, 0.1) is 12.1 Å². The van der Waals surface area contributed by atoms with Gasteiger partial charge in [-0.2, -0.15) is 0 Å². The highest BCUT2D eigenvalue weighted by Crippen LogP contribution is 2.33. The van der Waals surface area contributed by atoms with Crippen LogP contribution in [0.2, 0.25) is 0 Å². The first-order valence-electron chi connectivity index (χ1n) is 5.85. The van der Waals surface area contributed by atoms with Crippen molar-refractivity contribution in [2.75, 3.05) is 5.32 Å². The molecule has 0 aliphatic carbocycles. The molecule has 0 unspecified atom stereocenters. The van der Waals surface area contributed by atoms with Crippen LogP contribution in [-0.2, 0) is 6.54 Å². The van der Waals surface area contributed by atoms with E-state index in [0.29, 0.717) is 0 Å². The number of nitrogens with one attached hydrogen (secondary N) is 1. The zero-order chi connectivity index (χ0) is 11.2. The van der Waals surface area contributed by atoms with E-state index in [9.17, 15) is 0 Å². The van der Waals surface area contributed by atoms with E-state index in [2.05, 4.69) is 64.5 Å². The Labute approximate surface area is 99.5 Å². The SMILES string of the molecule is c1ccc2c(c1)Cn1c(cc3ccccc31)N2. The van der Waals surface area contributed by atoms with Gasteiger partial charge in [-0.3, -0.25) is 0 Å². The molecule has 0 bridgehead atoms. The van der Waals surface area contributed by atoms with Gasteiger partial charge in [0.15, 0.2) is 0 Å². The minimum Gasteiger partial charge on any atom is -0.341 e. The molecule has 2 aromatic carbocycles. The lowest BCUT2D eigenvalue weighted by atomic mass is 10.1. The standard InChI is InChI=1S/C15H12N2/c1-3-7-13-12(6-1)10-17-14-8-4-2-5-11(14)9-15(17)16-13/h1-9,16H,10H2. The molecule has 1 aromatic heterocycles. The van der Waals surface area contributed by atoms with Crippen molar-refractivity contribution in [3.63, 3.8) is 0 Å². The molecule has 82 valence electrons. The maximum absolute atomic E-state index is 3.49. The van der Waals surface area contributed by atoms with Gasteiger partial charge in [0.25, 0.3) is 0 Å². The number of hydrogen-bond donors (Lipinski definition) is 1. The first-order valence-corrected chi connectivity index (χ1v) is 5.85. The number of benzene rings is 2. The number of aromatic nitrogens is 1. The minimum atomic E-state index is 0.950. The van der Waals surface area contributed by atoms with Crippen LogP contribution in [0.25, 0.3) is 10.9 Å². The van der Waals surface area contributed by atoms with E-state index in [1.54, 1.807) is 0 Å². The van der Waals surface area contributed by atoms with Gasteiger partial charge in [0.1, 0.15) is 5.82 Å². The number of fused-ring (bicyclic) bond motifs is 4. The van der Waals surface area contributed by atoms with Gasteiger partial charge in [-0.1, -0.05) is 36.4 Å². The van der Waals surface area contributed by atoms with Gasteiger partial charge in [-0.15, -0.1) is 0 Å². The second-order valence-electron chi connectivity index (χ2n) is 4.46. The van der Waals surface area contributed by atoms with Crippen molar-refractivity contribution < 1.29 is 0 Å². The van der Waals surface area contributed by atoms with Gasteiger partial charge in [-0.25, -0.2) is 0 Å². The molecule has 0 fully saturated rings. The van der Waals surface area contributed by atoms with E-state index in [-0.39, 0.29) is 0 Å². The molecule has 0 saturated carbocycles. The Kier molecular flexibility index (Phi) is 1.64. The van der Waals surface area contributed by atoms with E-state index < -0.39 is 0 Å². The van der Waals surface area contributed by atoms with E-state index in [1.807, 2.05) is 0 Å². The summed E-state index contributed by atoms with van der Waals surface area (Å²) >= 11 is 0. The van der Waals surface area contributed by atoms with Crippen LogP contribution in [0.4, 0.5) is 11.5 Å². The van der Waals surface area contributed by atoms with Gasteiger partial charge in [0.2, 0.25) is 0 Å². The molecule has 1 aliphatic rings. The van der Waals surface area contributed by atoms with E-state index >= 15 is 0 Å². The number of nitrogens with zero attached hydrogens (tertiary/aromatic N) is 1. The molecule has 17 heavy (non-hydrogen) atoms. The maximum Gasteiger partial charge on any atom is 0.111 e. The highest BCUT2D eigenvalue weighted by Gasteiger charge is 2.15. The summed E-state index contributed by atoms with van der Waals surface area (Å²) in [6.07, 6.45) is 0. The highest BCUT2D eigenvalue weighted by molar-refractivity contribution is 5.87. The average molecular weight is 220 g/mol. The van der Waals surface area contributed by atoms with Crippen LogP contribution in [0, 0.1) is 0 Å². The molecule has 1 aliphatic heterocycles. The summed E-state index contributed by atoms with van der Waals surface area (Å²) in [6, 6.07) is 19.2. The Morgan fingerprint density at radius 2 is 1.76 bits per heavy atom. The Bertz CT molecular complexity index is 710. The predicted octanol–water partition coefficient (Wildman–Crippen LogP) is 3.75. The number of para-hydroxylation sites is 2. The molecule has 0 atom stereocenters. The molecule has 4 rings (SSSR count). The van der Waals surface area contributed by atoms with Crippen molar-refractivity contribution in [1.29, 1.82) is 0 Å². The van der Waals surface area contributed by atoms with Crippen molar-refractivity contribution in [3.05, 3.63) is 60.2 Å². The molecule has 2 heterocycles. The summed E-state index contributed by atoms with van der Waals surface area (Å²) in [4.78, 5) is 0. The average Bonchev–Trinajstić information content (AvgIpc) is 2.73. The predicted molar refractivity (Wildman–Crippen MR) is 70.8 cm³/mol. The number of rotatable bonds is 0. The molecular formula is C15H12N2. The zero-order valence-electron chi connectivity index (χ0n) is 9.35. The molecule has 0 saturated heterocycles. The van der Waals surface area contributed by atoms with Crippen LogP contribution >= 0.6 is 0 Å². The number of anilines is 2. The minimum absolute atomic E-state index is 0.950. The quantitative estimate of drug-likeness (QED) is 0.477. The monoisotopic (exact) mass is 220 g/mol.